The normalized spacial score (nSPS) is 10.2. The van der Waals surface area contributed by atoms with Gasteiger partial charge in [0.15, 0.2) is 0 Å². The average Bonchev–Trinajstić information content (AvgIpc) is 2.59. The zero-order valence-electron chi connectivity index (χ0n) is 14.2. The van der Waals surface area contributed by atoms with Crippen molar-refractivity contribution in [2.45, 2.75) is 20.8 Å². The van der Waals surface area contributed by atoms with Gasteiger partial charge in [0.1, 0.15) is 12.1 Å². The molecule has 3 rings (SSSR count). The smallest absolute Gasteiger partial charge is 0.326 e. The molecule has 0 aliphatic carbocycles. The summed E-state index contributed by atoms with van der Waals surface area (Å²) >= 11 is 0. The van der Waals surface area contributed by atoms with E-state index in [4.69, 9.17) is 10.00 Å². The fourth-order valence-electron chi connectivity index (χ4n) is 2.57. The van der Waals surface area contributed by atoms with Gasteiger partial charge in [-0.05, 0) is 56.2 Å². The molecule has 0 atom stereocenters. The van der Waals surface area contributed by atoms with Gasteiger partial charge >= 0.3 is 6.01 Å². The minimum atomic E-state index is 0.223. The molecule has 0 aliphatic rings. The van der Waals surface area contributed by atoms with Crippen LogP contribution in [-0.4, -0.2) is 15.0 Å². The summed E-state index contributed by atoms with van der Waals surface area (Å²) in [6, 6.07) is 13.4. The van der Waals surface area contributed by atoms with Crippen LogP contribution in [0.15, 0.2) is 42.7 Å². The number of rotatable bonds is 4. The molecule has 1 heterocycles. The molecule has 1 aromatic heterocycles. The number of anilines is 2. The molecule has 124 valence electrons. The van der Waals surface area contributed by atoms with Crippen molar-refractivity contribution in [3.63, 3.8) is 0 Å². The molecule has 0 radical (unpaired) electrons. The topological polar surface area (TPSA) is 83.7 Å². The molecule has 1 N–H and O–H groups in total. The van der Waals surface area contributed by atoms with Gasteiger partial charge in [0.05, 0.1) is 11.6 Å². The molecule has 3 aromatic rings. The van der Waals surface area contributed by atoms with Crippen LogP contribution < -0.4 is 10.1 Å². The number of nitriles is 1. The highest BCUT2D eigenvalue weighted by Gasteiger charge is 2.09. The summed E-state index contributed by atoms with van der Waals surface area (Å²) in [6.45, 7) is 6.03. The Morgan fingerprint density at radius 2 is 1.68 bits per heavy atom. The molecule has 0 unspecified atom stereocenters. The van der Waals surface area contributed by atoms with E-state index in [9.17, 15) is 0 Å². The molecule has 0 amide bonds. The van der Waals surface area contributed by atoms with Gasteiger partial charge in [0, 0.05) is 5.69 Å². The number of benzene rings is 2. The zero-order valence-corrected chi connectivity index (χ0v) is 14.2. The monoisotopic (exact) mass is 331 g/mol. The minimum Gasteiger partial charge on any atom is -0.424 e. The summed E-state index contributed by atoms with van der Waals surface area (Å²) in [5.74, 6) is 1.12. The predicted octanol–water partition coefficient (Wildman–Crippen LogP) is 4.20. The van der Waals surface area contributed by atoms with Gasteiger partial charge in [-0.3, -0.25) is 0 Å². The van der Waals surface area contributed by atoms with Crippen molar-refractivity contribution >= 4 is 11.6 Å². The Hall–Kier alpha value is -3.46. The van der Waals surface area contributed by atoms with Crippen LogP contribution in [0.3, 0.4) is 0 Å². The summed E-state index contributed by atoms with van der Waals surface area (Å²) in [6.07, 6.45) is 1.40. The van der Waals surface area contributed by atoms with Gasteiger partial charge in [-0.25, -0.2) is 4.98 Å². The maximum absolute atomic E-state index is 8.84. The maximum Gasteiger partial charge on any atom is 0.326 e. The fraction of sp³-hybridized carbons (Fsp3) is 0.158. The third-order valence-corrected chi connectivity index (χ3v) is 3.62. The molecule has 0 fully saturated rings. The number of hydrogen-bond donors (Lipinski definition) is 1. The fourth-order valence-corrected chi connectivity index (χ4v) is 2.57. The Labute approximate surface area is 146 Å². The standard InChI is InChI=1S/C19H17N5O/c1-12-8-13(2)17(14(3)9-12)25-19-22-11-21-18(24-19)23-16-6-4-15(10-20)5-7-16/h4-9,11H,1-3H3,(H,21,22,23,24). The van der Waals surface area contributed by atoms with Crippen molar-refractivity contribution in [2.24, 2.45) is 0 Å². The van der Waals surface area contributed by atoms with Crippen molar-refractivity contribution in [2.75, 3.05) is 5.32 Å². The molecule has 2 aromatic carbocycles. The number of nitrogens with one attached hydrogen (secondary N) is 1. The Morgan fingerprint density at radius 1 is 1.00 bits per heavy atom. The van der Waals surface area contributed by atoms with E-state index < -0.39 is 0 Å². The molecule has 0 saturated carbocycles. The minimum absolute atomic E-state index is 0.223. The van der Waals surface area contributed by atoms with Crippen LogP contribution >= 0.6 is 0 Å². The van der Waals surface area contributed by atoms with Crippen molar-refractivity contribution in [1.29, 1.82) is 5.26 Å². The highest BCUT2D eigenvalue weighted by Crippen LogP contribution is 2.28. The van der Waals surface area contributed by atoms with Crippen LogP contribution in [-0.2, 0) is 0 Å². The van der Waals surface area contributed by atoms with Crippen molar-refractivity contribution < 1.29 is 4.74 Å². The first-order valence-electron chi connectivity index (χ1n) is 7.77. The van der Waals surface area contributed by atoms with Gasteiger partial charge in [0.25, 0.3) is 0 Å². The van der Waals surface area contributed by atoms with E-state index in [1.54, 1.807) is 24.3 Å². The SMILES string of the molecule is Cc1cc(C)c(Oc2ncnc(Nc3ccc(C#N)cc3)n2)c(C)c1. The first-order valence-corrected chi connectivity index (χ1v) is 7.77. The molecule has 6 heteroatoms. The van der Waals surface area contributed by atoms with Crippen LogP contribution in [0, 0.1) is 32.1 Å². The molecular formula is C19H17N5O. The van der Waals surface area contributed by atoms with E-state index >= 15 is 0 Å². The maximum atomic E-state index is 8.84. The van der Waals surface area contributed by atoms with Gasteiger partial charge in [-0.15, -0.1) is 0 Å². The van der Waals surface area contributed by atoms with Crippen LogP contribution in [0.2, 0.25) is 0 Å². The molecule has 0 saturated heterocycles. The Kier molecular flexibility index (Phi) is 4.57. The molecular weight excluding hydrogens is 314 g/mol. The first kappa shape index (κ1) is 16.4. The number of ether oxygens (including phenoxy) is 1. The Balaban J connectivity index is 1.81. The van der Waals surface area contributed by atoms with E-state index in [2.05, 4.69) is 38.5 Å². The quantitative estimate of drug-likeness (QED) is 0.771. The highest BCUT2D eigenvalue weighted by molar-refractivity contribution is 5.54. The van der Waals surface area contributed by atoms with Crippen LogP contribution in [0.25, 0.3) is 0 Å². The summed E-state index contributed by atoms with van der Waals surface area (Å²) in [5, 5.41) is 11.9. The summed E-state index contributed by atoms with van der Waals surface area (Å²) in [7, 11) is 0. The molecule has 0 spiro atoms. The number of nitrogens with zero attached hydrogens (tertiary/aromatic N) is 4. The lowest BCUT2D eigenvalue weighted by Crippen LogP contribution is -2.01. The van der Waals surface area contributed by atoms with Crippen LogP contribution in [0.5, 0.6) is 11.8 Å². The van der Waals surface area contributed by atoms with E-state index in [1.807, 2.05) is 20.8 Å². The van der Waals surface area contributed by atoms with Crippen molar-refractivity contribution in [3.8, 4) is 17.8 Å². The Bertz CT molecular complexity index is 922. The second kappa shape index (κ2) is 6.97. The summed E-state index contributed by atoms with van der Waals surface area (Å²) in [5.41, 5.74) is 4.61. The molecule has 0 bridgehead atoms. The van der Waals surface area contributed by atoms with E-state index in [0.717, 1.165) is 22.6 Å². The summed E-state index contributed by atoms with van der Waals surface area (Å²) < 4.78 is 5.86. The highest BCUT2D eigenvalue weighted by atomic mass is 16.5. The van der Waals surface area contributed by atoms with Crippen molar-refractivity contribution in [1.82, 2.24) is 15.0 Å². The van der Waals surface area contributed by atoms with E-state index in [-0.39, 0.29) is 6.01 Å². The van der Waals surface area contributed by atoms with Gasteiger partial charge in [-0.1, -0.05) is 17.7 Å². The first-order chi connectivity index (χ1) is 12.0. The van der Waals surface area contributed by atoms with E-state index in [1.165, 1.54) is 11.9 Å². The zero-order chi connectivity index (χ0) is 17.8. The van der Waals surface area contributed by atoms with Gasteiger partial charge in [-0.2, -0.15) is 15.2 Å². The number of hydrogen-bond acceptors (Lipinski definition) is 6. The lowest BCUT2D eigenvalue weighted by Gasteiger charge is -2.12. The van der Waals surface area contributed by atoms with Crippen LogP contribution in [0.1, 0.15) is 22.3 Å². The van der Waals surface area contributed by atoms with Gasteiger partial charge in [0.2, 0.25) is 5.95 Å². The number of aryl methyl sites for hydroxylation is 3. The largest absolute Gasteiger partial charge is 0.424 e. The molecule has 25 heavy (non-hydrogen) atoms. The third kappa shape index (κ3) is 3.90. The second-order valence-corrected chi connectivity index (χ2v) is 5.74. The van der Waals surface area contributed by atoms with Crippen LogP contribution in [0.4, 0.5) is 11.6 Å². The lowest BCUT2D eigenvalue weighted by molar-refractivity contribution is 0.434. The predicted molar refractivity (Wildman–Crippen MR) is 95.0 cm³/mol. The Morgan fingerprint density at radius 3 is 2.32 bits per heavy atom. The van der Waals surface area contributed by atoms with Crippen molar-refractivity contribution in [3.05, 3.63) is 65.0 Å². The molecule has 6 nitrogen and oxygen atoms in total. The third-order valence-electron chi connectivity index (χ3n) is 3.62. The summed E-state index contributed by atoms with van der Waals surface area (Å²) in [4.78, 5) is 12.5. The lowest BCUT2D eigenvalue weighted by atomic mass is 10.1. The molecule has 0 aliphatic heterocycles. The number of aromatic nitrogens is 3. The second-order valence-electron chi connectivity index (χ2n) is 5.74. The van der Waals surface area contributed by atoms with Gasteiger partial charge < -0.3 is 10.1 Å². The van der Waals surface area contributed by atoms with E-state index in [0.29, 0.717) is 11.5 Å². The average molecular weight is 331 g/mol.